The Balaban J connectivity index is 1.95. The highest BCUT2D eigenvalue weighted by Gasteiger charge is 2.25. The molecule has 1 N–H and O–H groups in total. The smallest absolute Gasteiger partial charge is 0.228 e. The molecule has 2 rings (SSSR count). The number of aryl methyl sites for hydroxylation is 1. The predicted molar refractivity (Wildman–Crippen MR) is 57.5 cm³/mol. The van der Waals surface area contributed by atoms with Crippen LogP contribution in [0.25, 0.3) is 0 Å². The van der Waals surface area contributed by atoms with Gasteiger partial charge >= 0.3 is 0 Å². The van der Waals surface area contributed by atoms with Crippen LogP contribution in [0.4, 0.5) is 0 Å². The second-order valence-electron chi connectivity index (χ2n) is 4.38. The molecule has 0 spiro atoms. The molecule has 4 heteroatoms. The second kappa shape index (κ2) is 4.75. The molecule has 84 valence electrons. The van der Waals surface area contributed by atoms with Crippen molar-refractivity contribution in [2.75, 3.05) is 7.05 Å². The van der Waals surface area contributed by atoms with Crippen LogP contribution in [0.2, 0.25) is 0 Å². The number of aromatic nitrogens is 2. The lowest BCUT2D eigenvalue weighted by Crippen LogP contribution is -2.34. The van der Waals surface area contributed by atoms with Crippen molar-refractivity contribution in [1.82, 2.24) is 15.5 Å². The van der Waals surface area contributed by atoms with Crippen LogP contribution < -0.4 is 5.32 Å². The Morgan fingerprint density at radius 1 is 1.47 bits per heavy atom. The number of hydrogen-bond donors (Lipinski definition) is 1. The van der Waals surface area contributed by atoms with Crippen molar-refractivity contribution in [1.29, 1.82) is 0 Å². The average molecular weight is 209 g/mol. The number of hydrogen-bond acceptors (Lipinski definition) is 4. The van der Waals surface area contributed by atoms with Gasteiger partial charge in [0.1, 0.15) is 0 Å². The molecule has 0 saturated heterocycles. The zero-order chi connectivity index (χ0) is 10.7. The van der Waals surface area contributed by atoms with Gasteiger partial charge in [-0.15, -0.1) is 0 Å². The Morgan fingerprint density at radius 3 is 2.73 bits per heavy atom. The summed E-state index contributed by atoms with van der Waals surface area (Å²) in [5, 5.41) is 7.19. The zero-order valence-electron chi connectivity index (χ0n) is 9.49. The van der Waals surface area contributed by atoms with Crippen LogP contribution >= 0.6 is 0 Å². The van der Waals surface area contributed by atoms with Gasteiger partial charge in [0.05, 0.1) is 0 Å². The fraction of sp³-hybridized carbons (Fsp3) is 0.818. The molecular formula is C11H19N3O. The lowest BCUT2D eigenvalue weighted by molar-refractivity contribution is 0.317. The SMILES string of the molecule is CNC(Cc1nc(C)no1)C1CCCC1. The van der Waals surface area contributed by atoms with Crippen molar-refractivity contribution < 1.29 is 4.52 Å². The quantitative estimate of drug-likeness (QED) is 0.820. The first-order valence-electron chi connectivity index (χ1n) is 5.76. The molecule has 1 heterocycles. The molecule has 0 aliphatic heterocycles. The van der Waals surface area contributed by atoms with Gasteiger partial charge in [0.15, 0.2) is 5.82 Å². The number of nitrogens with one attached hydrogen (secondary N) is 1. The molecular weight excluding hydrogens is 190 g/mol. The lowest BCUT2D eigenvalue weighted by Gasteiger charge is -2.20. The van der Waals surface area contributed by atoms with E-state index in [-0.39, 0.29) is 0 Å². The first-order chi connectivity index (χ1) is 7.29. The first-order valence-corrected chi connectivity index (χ1v) is 5.76. The molecule has 0 aromatic carbocycles. The summed E-state index contributed by atoms with van der Waals surface area (Å²) in [7, 11) is 2.02. The summed E-state index contributed by atoms with van der Waals surface area (Å²) in [4.78, 5) is 4.25. The minimum Gasteiger partial charge on any atom is -0.339 e. The first kappa shape index (κ1) is 10.6. The van der Waals surface area contributed by atoms with E-state index in [0.717, 1.165) is 24.1 Å². The van der Waals surface area contributed by atoms with Gasteiger partial charge in [-0.2, -0.15) is 4.98 Å². The average Bonchev–Trinajstić information content (AvgIpc) is 2.85. The van der Waals surface area contributed by atoms with E-state index in [1.807, 2.05) is 14.0 Å². The molecule has 1 saturated carbocycles. The minimum atomic E-state index is 0.493. The topological polar surface area (TPSA) is 51.0 Å². The Hall–Kier alpha value is -0.900. The van der Waals surface area contributed by atoms with Crippen LogP contribution in [0.5, 0.6) is 0 Å². The van der Waals surface area contributed by atoms with Crippen LogP contribution in [0.1, 0.15) is 37.4 Å². The van der Waals surface area contributed by atoms with Gasteiger partial charge in [-0.25, -0.2) is 0 Å². The molecule has 4 nitrogen and oxygen atoms in total. The van der Waals surface area contributed by atoms with Crippen molar-refractivity contribution >= 4 is 0 Å². The van der Waals surface area contributed by atoms with Crippen LogP contribution in [0, 0.1) is 12.8 Å². The van der Waals surface area contributed by atoms with Gasteiger partial charge in [0, 0.05) is 12.5 Å². The van der Waals surface area contributed by atoms with E-state index < -0.39 is 0 Å². The molecule has 1 aliphatic carbocycles. The number of nitrogens with zero attached hydrogens (tertiary/aromatic N) is 2. The zero-order valence-corrected chi connectivity index (χ0v) is 9.49. The summed E-state index contributed by atoms with van der Waals surface area (Å²) in [5.74, 6) is 2.27. The summed E-state index contributed by atoms with van der Waals surface area (Å²) < 4.78 is 5.16. The summed E-state index contributed by atoms with van der Waals surface area (Å²) in [5.41, 5.74) is 0. The Labute approximate surface area is 90.4 Å². The van der Waals surface area contributed by atoms with E-state index >= 15 is 0 Å². The lowest BCUT2D eigenvalue weighted by atomic mass is 9.95. The molecule has 1 aliphatic rings. The van der Waals surface area contributed by atoms with Crippen LogP contribution in [0.15, 0.2) is 4.52 Å². The maximum absolute atomic E-state index is 5.16. The van der Waals surface area contributed by atoms with Gasteiger partial charge in [-0.05, 0) is 32.7 Å². The molecule has 0 radical (unpaired) electrons. The fourth-order valence-corrected chi connectivity index (χ4v) is 2.48. The van der Waals surface area contributed by atoms with Crippen LogP contribution in [0.3, 0.4) is 0 Å². The second-order valence-corrected chi connectivity index (χ2v) is 4.38. The molecule has 1 atom stereocenters. The third kappa shape index (κ3) is 2.56. The van der Waals surface area contributed by atoms with E-state index in [9.17, 15) is 0 Å². The van der Waals surface area contributed by atoms with E-state index in [1.54, 1.807) is 0 Å². The van der Waals surface area contributed by atoms with Crippen LogP contribution in [-0.2, 0) is 6.42 Å². The van der Waals surface area contributed by atoms with Crippen molar-refractivity contribution in [3.63, 3.8) is 0 Å². The number of rotatable bonds is 4. The third-order valence-corrected chi connectivity index (χ3v) is 3.30. The largest absolute Gasteiger partial charge is 0.339 e. The van der Waals surface area contributed by atoms with E-state index in [0.29, 0.717) is 6.04 Å². The summed E-state index contributed by atoms with van der Waals surface area (Å²) in [6.45, 7) is 1.86. The van der Waals surface area contributed by atoms with Gasteiger partial charge in [0.2, 0.25) is 5.89 Å². The van der Waals surface area contributed by atoms with E-state index in [2.05, 4.69) is 15.5 Å². The highest BCUT2D eigenvalue weighted by molar-refractivity contribution is 4.90. The molecule has 1 fully saturated rings. The Kier molecular flexibility index (Phi) is 3.36. The van der Waals surface area contributed by atoms with Crippen LogP contribution in [-0.4, -0.2) is 23.2 Å². The standard InChI is InChI=1S/C11H19N3O/c1-8-13-11(15-14-8)7-10(12-2)9-5-3-4-6-9/h9-10,12H,3-7H2,1-2H3. The molecule has 0 amide bonds. The summed E-state index contributed by atoms with van der Waals surface area (Å²) in [6, 6.07) is 0.493. The molecule has 1 aromatic heterocycles. The molecule has 0 bridgehead atoms. The van der Waals surface area contributed by atoms with Gasteiger partial charge in [-0.3, -0.25) is 0 Å². The monoisotopic (exact) mass is 209 g/mol. The maximum Gasteiger partial charge on any atom is 0.228 e. The van der Waals surface area contributed by atoms with Crippen molar-refractivity contribution in [2.45, 2.75) is 45.1 Å². The van der Waals surface area contributed by atoms with Crippen molar-refractivity contribution in [3.8, 4) is 0 Å². The summed E-state index contributed by atoms with van der Waals surface area (Å²) >= 11 is 0. The molecule has 1 unspecified atom stereocenters. The maximum atomic E-state index is 5.16. The van der Waals surface area contributed by atoms with Gasteiger partial charge < -0.3 is 9.84 Å². The Morgan fingerprint density at radius 2 is 2.20 bits per heavy atom. The normalized spacial score (nSPS) is 19.6. The van der Waals surface area contributed by atoms with Gasteiger partial charge in [-0.1, -0.05) is 18.0 Å². The third-order valence-electron chi connectivity index (χ3n) is 3.30. The molecule has 1 aromatic rings. The fourth-order valence-electron chi connectivity index (χ4n) is 2.48. The molecule has 15 heavy (non-hydrogen) atoms. The van der Waals surface area contributed by atoms with E-state index in [1.165, 1.54) is 25.7 Å². The summed E-state index contributed by atoms with van der Waals surface area (Å²) in [6.07, 6.45) is 6.26. The highest BCUT2D eigenvalue weighted by atomic mass is 16.5. The van der Waals surface area contributed by atoms with Crippen molar-refractivity contribution in [3.05, 3.63) is 11.7 Å². The van der Waals surface area contributed by atoms with Crippen molar-refractivity contribution in [2.24, 2.45) is 5.92 Å². The number of likely N-dealkylation sites (N-methyl/N-ethyl adjacent to an activating group) is 1. The predicted octanol–water partition coefficient (Wildman–Crippen LogP) is 1.70. The minimum absolute atomic E-state index is 0.493. The highest BCUT2D eigenvalue weighted by Crippen LogP contribution is 2.28. The van der Waals surface area contributed by atoms with E-state index in [4.69, 9.17) is 4.52 Å². The Bertz CT molecular complexity index is 305. The van der Waals surface area contributed by atoms with Gasteiger partial charge in [0.25, 0.3) is 0 Å².